The molecule has 0 fully saturated rings. The Labute approximate surface area is 122 Å². The predicted molar refractivity (Wildman–Crippen MR) is 81.5 cm³/mol. The minimum absolute atomic E-state index is 0.680. The number of para-hydroxylation sites is 2. The number of pyridine rings is 1. The van der Waals surface area contributed by atoms with Crippen molar-refractivity contribution in [2.24, 2.45) is 0 Å². The first kappa shape index (κ1) is 13.9. The van der Waals surface area contributed by atoms with Crippen molar-refractivity contribution in [2.75, 3.05) is 11.9 Å². The van der Waals surface area contributed by atoms with Gasteiger partial charge in [-0.05, 0) is 46.6 Å². The lowest BCUT2D eigenvalue weighted by Crippen LogP contribution is -2.04. The molecule has 19 heavy (non-hydrogen) atoms. The van der Waals surface area contributed by atoms with Gasteiger partial charge in [0.2, 0.25) is 0 Å². The van der Waals surface area contributed by atoms with E-state index in [0.717, 1.165) is 34.6 Å². The lowest BCUT2D eigenvalue weighted by atomic mass is 10.2. The molecule has 0 aliphatic heterocycles. The van der Waals surface area contributed by atoms with Gasteiger partial charge in [0, 0.05) is 10.7 Å². The minimum Gasteiger partial charge on any atom is -0.491 e. The summed E-state index contributed by atoms with van der Waals surface area (Å²) in [4.78, 5) is 4.33. The summed E-state index contributed by atoms with van der Waals surface area (Å²) in [6, 6.07) is 12.0. The molecule has 0 amide bonds. The van der Waals surface area contributed by atoms with Crippen molar-refractivity contribution >= 4 is 21.6 Å². The molecule has 0 aliphatic rings. The second-order valence-electron chi connectivity index (χ2n) is 4.17. The fraction of sp³-hybridized carbons (Fsp3) is 0.267. The van der Waals surface area contributed by atoms with E-state index in [1.54, 1.807) is 6.20 Å². The fourth-order valence-electron chi connectivity index (χ4n) is 1.65. The van der Waals surface area contributed by atoms with Gasteiger partial charge in [-0.25, -0.2) is 0 Å². The van der Waals surface area contributed by atoms with Crippen LogP contribution in [0.5, 0.6) is 5.75 Å². The Morgan fingerprint density at radius 3 is 2.79 bits per heavy atom. The number of ether oxygens (including phenoxy) is 1. The van der Waals surface area contributed by atoms with Crippen molar-refractivity contribution in [1.82, 2.24) is 4.98 Å². The third-order valence-electron chi connectivity index (χ3n) is 2.60. The van der Waals surface area contributed by atoms with Crippen LogP contribution in [0, 0.1) is 0 Å². The Bertz CT molecular complexity index is 514. The molecule has 0 atom stereocenters. The number of anilines is 1. The second kappa shape index (κ2) is 7.14. The number of rotatable bonds is 6. The first-order valence-electron chi connectivity index (χ1n) is 6.35. The first-order valence-corrected chi connectivity index (χ1v) is 7.15. The highest BCUT2D eigenvalue weighted by molar-refractivity contribution is 9.10. The van der Waals surface area contributed by atoms with E-state index < -0.39 is 0 Å². The van der Waals surface area contributed by atoms with Crippen molar-refractivity contribution in [1.29, 1.82) is 0 Å². The zero-order valence-electron chi connectivity index (χ0n) is 10.9. The maximum absolute atomic E-state index is 5.70. The molecule has 100 valence electrons. The van der Waals surface area contributed by atoms with Crippen LogP contribution in [0.15, 0.2) is 47.1 Å². The summed E-state index contributed by atoms with van der Waals surface area (Å²) < 4.78 is 6.69. The molecule has 0 saturated heterocycles. The van der Waals surface area contributed by atoms with E-state index in [9.17, 15) is 0 Å². The number of halogens is 1. The average Bonchev–Trinajstić information content (AvgIpc) is 2.45. The highest BCUT2D eigenvalue weighted by atomic mass is 79.9. The first-order chi connectivity index (χ1) is 9.29. The zero-order chi connectivity index (χ0) is 13.5. The van der Waals surface area contributed by atoms with E-state index in [-0.39, 0.29) is 0 Å². The summed E-state index contributed by atoms with van der Waals surface area (Å²) in [6.45, 7) is 3.51. The second-order valence-corrected chi connectivity index (χ2v) is 5.08. The standard InChI is InChI=1S/C15H17BrN2O/c1-2-9-19-15-6-4-3-5-14(15)18-11-13-8-7-12(16)10-17-13/h3-8,10,18H,2,9,11H2,1H3. The van der Waals surface area contributed by atoms with E-state index in [0.29, 0.717) is 6.54 Å². The normalized spacial score (nSPS) is 10.2. The molecular formula is C15H17BrN2O. The number of hydrogen-bond acceptors (Lipinski definition) is 3. The van der Waals surface area contributed by atoms with Crippen molar-refractivity contribution in [3.8, 4) is 5.75 Å². The summed E-state index contributed by atoms with van der Waals surface area (Å²) >= 11 is 3.38. The topological polar surface area (TPSA) is 34.1 Å². The lowest BCUT2D eigenvalue weighted by molar-refractivity contribution is 0.319. The van der Waals surface area contributed by atoms with Crippen LogP contribution in [0.25, 0.3) is 0 Å². The number of nitrogens with zero attached hydrogens (tertiary/aromatic N) is 1. The van der Waals surface area contributed by atoms with E-state index in [4.69, 9.17) is 4.74 Å². The van der Waals surface area contributed by atoms with Crippen LogP contribution in [0.1, 0.15) is 19.0 Å². The average molecular weight is 321 g/mol. The predicted octanol–water partition coefficient (Wildman–Crippen LogP) is 4.25. The van der Waals surface area contributed by atoms with Gasteiger partial charge in [-0.1, -0.05) is 19.1 Å². The van der Waals surface area contributed by atoms with Crippen molar-refractivity contribution in [2.45, 2.75) is 19.9 Å². The molecule has 1 aromatic carbocycles. The van der Waals surface area contributed by atoms with Gasteiger partial charge in [0.15, 0.2) is 0 Å². The molecule has 1 aromatic heterocycles. The highest BCUT2D eigenvalue weighted by Gasteiger charge is 2.02. The van der Waals surface area contributed by atoms with Crippen molar-refractivity contribution in [3.63, 3.8) is 0 Å². The minimum atomic E-state index is 0.680. The molecule has 0 unspecified atom stereocenters. The molecule has 2 aromatic rings. The van der Waals surface area contributed by atoms with Gasteiger partial charge in [0.05, 0.1) is 24.5 Å². The lowest BCUT2D eigenvalue weighted by Gasteiger charge is -2.12. The summed E-state index contributed by atoms with van der Waals surface area (Å²) in [5, 5.41) is 3.36. The Kier molecular flexibility index (Phi) is 5.21. The number of nitrogens with one attached hydrogen (secondary N) is 1. The van der Waals surface area contributed by atoms with E-state index in [1.807, 2.05) is 36.4 Å². The van der Waals surface area contributed by atoms with Gasteiger partial charge in [0.1, 0.15) is 5.75 Å². The van der Waals surface area contributed by atoms with Crippen LogP contribution in [0.3, 0.4) is 0 Å². The van der Waals surface area contributed by atoms with Gasteiger partial charge < -0.3 is 10.1 Å². The Morgan fingerprint density at radius 1 is 1.21 bits per heavy atom. The molecular weight excluding hydrogens is 304 g/mol. The summed E-state index contributed by atoms with van der Waals surface area (Å²) in [5.74, 6) is 0.890. The van der Waals surface area contributed by atoms with Gasteiger partial charge in [-0.2, -0.15) is 0 Å². The Balaban J connectivity index is 2.00. The van der Waals surface area contributed by atoms with Crippen molar-refractivity contribution < 1.29 is 4.74 Å². The van der Waals surface area contributed by atoms with Crippen LogP contribution >= 0.6 is 15.9 Å². The van der Waals surface area contributed by atoms with E-state index in [2.05, 4.69) is 33.2 Å². The molecule has 1 N–H and O–H groups in total. The number of aromatic nitrogens is 1. The van der Waals surface area contributed by atoms with Gasteiger partial charge in [-0.15, -0.1) is 0 Å². The molecule has 3 nitrogen and oxygen atoms in total. The monoisotopic (exact) mass is 320 g/mol. The van der Waals surface area contributed by atoms with Crippen LogP contribution < -0.4 is 10.1 Å². The van der Waals surface area contributed by atoms with Crippen LogP contribution in [0.2, 0.25) is 0 Å². The van der Waals surface area contributed by atoms with Gasteiger partial charge in [0.25, 0.3) is 0 Å². The molecule has 0 saturated carbocycles. The molecule has 0 spiro atoms. The summed E-state index contributed by atoms with van der Waals surface area (Å²) in [6.07, 6.45) is 2.80. The molecule has 0 radical (unpaired) electrons. The van der Waals surface area contributed by atoms with Crippen LogP contribution in [-0.4, -0.2) is 11.6 Å². The number of hydrogen-bond donors (Lipinski definition) is 1. The number of benzene rings is 1. The highest BCUT2D eigenvalue weighted by Crippen LogP contribution is 2.24. The molecule has 2 rings (SSSR count). The molecule has 4 heteroatoms. The molecule has 0 bridgehead atoms. The van der Waals surface area contributed by atoms with Gasteiger partial charge >= 0.3 is 0 Å². The Morgan fingerprint density at radius 2 is 2.05 bits per heavy atom. The molecule has 0 aliphatic carbocycles. The third kappa shape index (κ3) is 4.24. The van der Waals surface area contributed by atoms with Crippen molar-refractivity contribution in [3.05, 3.63) is 52.8 Å². The van der Waals surface area contributed by atoms with Gasteiger partial charge in [-0.3, -0.25) is 4.98 Å². The third-order valence-corrected chi connectivity index (χ3v) is 3.07. The maximum atomic E-state index is 5.70. The Hall–Kier alpha value is -1.55. The molecule has 1 heterocycles. The zero-order valence-corrected chi connectivity index (χ0v) is 12.5. The van der Waals surface area contributed by atoms with Crippen LogP contribution in [-0.2, 0) is 6.54 Å². The van der Waals surface area contributed by atoms with E-state index in [1.165, 1.54) is 0 Å². The quantitative estimate of drug-likeness (QED) is 0.864. The smallest absolute Gasteiger partial charge is 0.142 e. The van der Waals surface area contributed by atoms with Crippen LogP contribution in [0.4, 0.5) is 5.69 Å². The largest absolute Gasteiger partial charge is 0.491 e. The van der Waals surface area contributed by atoms with E-state index >= 15 is 0 Å². The summed E-state index contributed by atoms with van der Waals surface area (Å²) in [7, 11) is 0. The fourth-order valence-corrected chi connectivity index (χ4v) is 1.88. The maximum Gasteiger partial charge on any atom is 0.142 e. The SMILES string of the molecule is CCCOc1ccccc1NCc1ccc(Br)cn1. The summed E-state index contributed by atoms with van der Waals surface area (Å²) in [5.41, 5.74) is 1.99.